The molecule has 0 aromatic carbocycles. The summed E-state index contributed by atoms with van der Waals surface area (Å²) in [6, 6.07) is -0.317. The highest BCUT2D eigenvalue weighted by Crippen LogP contribution is 2.36. The summed E-state index contributed by atoms with van der Waals surface area (Å²) in [7, 11) is 0. The molecule has 0 amide bonds. The van der Waals surface area contributed by atoms with Crippen LogP contribution in [0.4, 0.5) is 8.78 Å². The Labute approximate surface area is 126 Å². The molecular formula is C14H18F2N2O4. The van der Waals surface area contributed by atoms with Crippen molar-refractivity contribution in [3.8, 4) is 0 Å². The average molecular weight is 316 g/mol. The summed E-state index contributed by atoms with van der Waals surface area (Å²) in [4.78, 5) is 22.7. The number of halogens is 2. The van der Waals surface area contributed by atoms with Crippen molar-refractivity contribution < 1.29 is 28.2 Å². The Balaban J connectivity index is 2.12. The highest BCUT2D eigenvalue weighted by Gasteiger charge is 2.32. The largest absolute Gasteiger partial charge is 0.478 e. The first-order valence-electron chi connectivity index (χ1n) is 7.21. The third-order valence-electron chi connectivity index (χ3n) is 3.93. The molecule has 1 fully saturated rings. The fourth-order valence-corrected chi connectivity index (χ4v) is 2.86. The molecule has 6 nitrogen and oxygen atoms in total. The summed E-state index contributed by atoms with van der Waals surface area (Å²) in [6.45, 7) is 2.05. The Bertz CT molecular complexity index is 551. The van der Waals surface area contributed by atoms with Gasteiger partial charge in [-0.2, -0.15) is 5.10 Å². The van der Waals surface area contributed by atoms with Crippen molar-refractivity contribution in [3.63, 3.8) is 0 Å². The molecule has 1 aliphatic rings. The van der Waals surface area contributed by atoms with E-state index in [2.05, 4.69) is 5.10 Å². The van der Waals surface area contributed by atoms with Crippen molar-refractivity contribution in [2.45, 2.75) is 45.1 Å². The van der Waals surface area contributed by atoms with E-state index in [0.29, 0.717) is 32.3 Å². The first-order valence-corrected chi connectivity index (χ1v) is 7.21. The predicted octanol–water partition coefficient (Wildman–Crippen LogP) is 2.81. The SMILES string of the molecule is CCOC(=O)C1CCC(n2ncc(C(=O)O)c2C(F)F)CC1. The standard InChI is InChI=1S/C14H18F2N2O4/c1-2-22-14(21)8-3-5-9(6-4-8)18-11(12(15)16)10(7-17-18)13(19)20/h7-9,12H,2-6H2,1H3,(H,19,20). The fourth-order valence-electron chi connectivity index (χ4n) is 2.86. The topological polar surface area (TPSA) is 81.4 Å². The van der Waals surface area contributed by atoms with Gasteiger partial charge in [0.05, 0.1) is 24.8 Å². The molecule has 2 rings (SSSR count). The number of carbonyl (C=O) groups is 2. The van der Waals surface area contributed by atoms with Gasteiger partial charge in [0, 0.05) is 0 Å². The van der Waals surface area contributed by atoms with Gasteiger partial charge in [0.1, 0.15) is 11.3 Å². The molecule has 0 aliphatic heterocycles. The number of carboxylic acid groups (broad SMARTS) is 1. The summed E-state index contributed by atoms with van der Waals surface area (Å²) in [5.41, 5.74) is -1.03. The van der Waals surface area contributed by atoms with Crippen LogP contribution in [-0.2, 0) is 9.53 Å². The zero-order valence-corrected chi connectivity index (χ0v) is 12.2. The fraction of sp³-hybridized carbons (Fsp3) is 0.643. The number of hydrogen-bond donors (Lipinski definition) is 1. The van der Waals surface area contributed by atoms with Gasteiger partial charge < -0.3 is 9.84 Å². The number of aromatic carboxylic acids is 1. The van der Waals surface area contributed by atoms with Gasteiger partial charge in [-0.3, -0.25) is 9.48 Å². The Morgan fingerprint density at radius 2 is 2.05 bits per heavy atom. The Morgan fingerprint density at radius 1 is 1.41 bits per heavy atom. The van der Waals surface area contributed by atoms with Crippen LogP contribution in [0.5, 0.6) is 0 Å². The first-order chi connectivity index (χ1) is 10.5. The second-order valence-electron chi connectivity index (χ2n) is 5.25. The quantitative estimate of drug-likeness (QED) is 0.845. The minimum Gasteiger partial charge on any atom is -0.478 e. The lowest BCUT2D eigenvalue weighted by molar-refractivity contribution is -0.149. The van der Waals surface area contributed by atoms with E-state index < -0.39 is 23.7 Å². The summed E-state index contributed by atoms with van der Waals surface area (Å²) in [5, 5.41) is 12.8. The van der Waals surface area contributed by atoms with Gasteiger partial charge >= 0.3 is 11.9 Å². The normalized spacial score (nSPS) is 21.8. The number of carbonyl (C=O) groups excluding carboxylic acids is 1. The first kappa shape index (κ1) is 16.4. The molecule has 8 heteroatoms. The molecule has 0 unspecified atom stereocenters. The van der Waals surface area contributed by atoms with Crippen LogP contribution in [0.2, 0.25) is 0 Å². The lowest BCUT2D eigenvalue weighted by atomic mass is 9.86. The summed E-state index contributed by atoms with van der Waals surface area (Å²) in [5.74, 6) is -1.90. The van der Waals surface area contributed by atoms with Crippen LogP contribution in [0.1, 0.15) is 61.1 Å². The Kier molecular flexibility index (Phi) is 5.10. The van der Waals surface area contributed by atoms with Gasteiger partial charge in [-0.1, -0.05) is 0 Å². The van der Waals surface area contributed by atoms with Crippen LogP contribution in [0.3, 0.4) is 0 Å². The van der Waals surface area contributed by atoms with Crippen molar-refractivity contribution >= 4 is 11.9 Å². The molecule has 0 atom stereocenters. The molecule has 0 bridgehead atoms. The van der Waals surface area contributed by atoms with Gasteiger partial charge in [-0.15, -0.1) is 0 Å². The minimum atomic E-state index is -2.91. The van der Waals surface area contributed by atoms with Crippen molar-refractivity contribution in [2.75, 3.05) is 6.61 Å². The summed E-state index contributed by atoms with van der Waals surface area (Å²) in [6.07, 6.45) is 0.0780. The van der Waals surface area contributed by atoms with Crippen molar-refractivity contribution in [3.05, 3.63) is 17.5 Å². The maximum Gasteiger partial charge on any atom is 0.339 e. The minimum absolute atomic E-state index is 0.222. The van der Waals surface area contributed by atoms with Gasteiger partial charge in [0.25, 0.3) is 6.43 Å². The summed E-state index contributed by atoms with van der Waals surface area (Å²) >= 11 is 0. The number of rotatable bonds is 5. The third kappa shape index (κ3) is 3.26. The van der Waals surface area contributed by atoms with E-state index in [1.807, 2.05) is 0 Å². The lowest BCUT2D eigenvalue weighted by Gasteiger charge is -2.28. The molecule has 0 saturated heterocycles. The third-order valence-corrected chi connectivity index (χ3v) is 3.93. The van der Waals surface area contributed by atoms with Crippen molar-refractivity contribution in [2.24, 2.45) is 5.92 Å². The van der Waals surface area contributed by atoms with Crippen molar-refractivity contribution in [1.82, 2.24) is 9.78 Å². The van der Waals surface area contributed by atoms with Crippen LogP contribution >= 0.6 is 0 Å². The van der Waals surface area contributed by atoms with E-state index in [-0.39, 0.29) is 17.9 Å². The van der Waals surface area contributed by atoms with E-state index in [9.17, 15) is 18.4 Å². The van der Waals surface area contributed by atoms with Crippen molar-refractivity contribution in [1.29, 1.82) is 0 Å². The number of carboxylic acids is 1. The predicted molar refractivity (Wildman–Crippen MR) is 71.8 cm³/mol. The number of hydrogen-bond acceptors (Lipinski definition) is 4. The van der Waals surface area contributed by atoms with E-state index in [1.165, 1.54) is 0 Å². The zero-order valence-electron chi connectivity index (χ0n) is 12.2. The number of ether oxygens (including phenoxy) is 1. The Morgan fingerprint density at radius 3 is 2.55 bits per heavy atom. The van der Waals surface area contributed by atoms with Crippen LogP contribution < -0.4 is 0 Å². The lowest BCUT2D eigenvalue weighted by Crippen LogP contribution is -2.26. The van der Waals surface area contributed by atoms with E-state index in [4.69, 9.17) is 9.84 Å². The van der Waals surface area contributed by atoms with Gasteiger partial charge in [0.15, 0.2) is 0 Å². The molecule has 1 saturated carbocycles. The molecule has 1 heterocycles. The number of nitrogens with zero attached hydrogens (tertiary/aromatic N) is 2. The van der Waals surface area contributed by atoms with Crippen LogP contribution in [0.15, 0.2) is 6.20 Å². The summed E-state index contributed by atoms with van der Waals surface area (Å²) < 4.78 is 32.4. The maximum absolute atomic E-state index is 13.1. The molecule has 1 aliphatic carbocycles. The molecule has 22 heavy (non-hydrogen) atoms. The van der Waals surface area contributed by atoms with Crippen LogP contribution in [-0.4, -0.2) is 33.4 Å². The van der Waals surface area contributed by atoms with E-state index in [0.717, 1.165) is 10.9 Å². The average Bonchev–Trinajstić information content (AvgIpc) is 2.93. The molecule has 1 N–H and O–H groups in total. The number of aromatic nitrogens is 2. The van der Waals surface area contributed by atoms with Crippen LogP contribution in [0.25, 0.3) is 0 Å². The zero-order chi connectivity index (χ0) is 16.3. The van der Waals surface area contributed by atoms with E-state index >= 15 is 0 Å². The Hall–Kier alpha value is -1.99. The highest BCUT2D eigenvalue weighted by atomic mass is 19.3. The van der Waals surface area contributed by atoms with Gasteiger partial charge in [-0.05, 0) is 32.6 Å². The number of alkyl halides is 2. The maximum atomic E-state index is 13.1. The molecule has 1 aromatic heterocycles. The molecular weight excluding hydrogens is 298 g/mol. The van der Waals surface area contributed by atoms with Gasteiger partial charge in [0.2, 0.25) is 0 Å². The second-order valence-corrected chi connectivity index (χ2v) is 5.25. The monoisotopic (exact) mass is 316 g/mol. The molecule has 122 valence electrons. The molecule has 0 radical (unpaired) electrons. The second kappa shape index (κ2) is 6.85. The highest BCUT2D eigenvalue weighted by molar-refractivity contribution is 5.88. The number of esters is 1. The molecule has 1 aromatic rings. The smallest absolute Gasteiger partial charge is 0.339 e. The van der Waals surface area contributed by atoms with Crippen LogP contribution in [0, 0.1) is 5.92 Å². The van der Waals surface area contributed by atoms with E-state index in [1.54, 1.807) is 6.92 Å². The molecule has 0 spiro atoms. The van der Waals surface area contributed by atoms with Gasteiger partial charge in [-0.25, -0.2) is 13.6 Å².